The van der Waals surface area contributed by atoms with E-state index in [2.05, 4.69) is 11.3 Å². The van der Waals surface area contributed by atoms with Crippen molar-refractivity contribution in [2.75, 3.05) is 6.61 Å². The van der Waals surface area contributed by atoms with E-state index in [1.54, 1.807) is 6.92 Å². The van der Waals surface area contributed by atoms with E-state index in [1.165, 1.54) is 0 Å². The van der Waals surface area contributed by atoms with Crippen molar-refractivity contribution in [3.05, 3.63) is 12.2 Å². The fourth-order valence-corrected chi connectivity index (χ4v) is 0.806. The lowest BCUT2D eigenvalue weighted by Gasteiger charge is -2.19. The monoisotopic (exact) mass is 186 g/mol. The van der Waals surface area contributed by atoms with Crippen molar-refractivity contribution in [2.24, 2.45) is 5.92 Å². The predicted molar refractivity (Wildman–Crippen MR) is 51.5 cm³/mol. The zero-order valence-corrected chi connectivity index (χ0v) is 8.79. The molecule has 0 aromatic heterocycles. The maximum atomic E-state index is 10.9. The molecule has 0 aromatic carbocycles. The second-order valence-electron chi connectivity index (χ2n) is 3.14. The summed E-state index contributed by atoms with van der Waals surface area (Å²) in [5.41, 5.74) is 0.997. The smallest absolute Gasteiger partial charge is 0.435 e. The van der Waals surface area contributed by atoms with Gasteiger partial charge in [-0.3, -0.25) is 0 Å². The second kappa shape index (κ2) is 5.62. The highest BCUT2D eigenvalue weighted by atomic mass is 16.7. The summed E-state index contributed by atoms with van der Waals surface area (Å²) in [6, 6.07) is 0. The van der Waals surface area contributed by atoms with Crippen LogP contribution in [-0.2, 0) is 9.47 Å². The van der Waals surface area contributed by atoms with Crippen molar-refractivity contribution in [1.82, 2.24) is 0 Å². The van der Waals surface area contributed by atoms with Gasteiger partial charge in [0.15, 0.2) is 0 Å². The van der Waals surface area contributed by atoms with Gasteiger partial charge in [0.25, 0.3) is 0 Å². The molecule has 0 radical (unpaired) electrons. The fraction of sp³-hybridized carbons (Fsp3) is 0.700. The van der Waals surface area contributed by atoms with Crippen molar-refractivity contribution in [3.8, 4) is 0 Å². The van der Waals surface area contributed by atoms with Crippen LogP contribution in [0.3, 0.4) is 0 Å². The van der Waals surface area contributed by atoms with E-state index in [4.69, 9.17) is 4.74 Å². The van der Waals surface area contributed by atoms with Gasteiger partial charge in [-0.2, -0.15) is 0 Å². The lowest BCUT2D eigenvalue weighted by atomic mass is 9.99. The standard InChI is InChI=1S/C10H18O3/c1-6-12-10(11)13-9(5)8(4)7(2)3/h8-9H,2,6H2,1,3-5H3/t8-,9+/m0/s1. The van der Waals surface area contributed by atoms with Crippen LogP contribution in [-0.4, -0.2) is 18.9 Å². The number of hydrogen-bond acceptors (Lipinski definition) is 3. The molecule has 13 heavy (non-hydrogen) atoms. The minimum absolute atomic E-state index is 0.157. The van der Waals surface area contributed by atoms with Crippen LogP contribution in [0.4, 0.5) is 4.79 Å². The number of carbonyl (C=O) groups is 1. The van der Waals surface area contributed by atoms with Crippen molar-refractivity contribution in [3.63, 3.8) is 0 Å². The Labute approximate surface area is 79.7 Å². The lowest BCUT2D eigenvalue weighted by molar-refractivity contribution is 0.0199. The average molecular weight is 186 g/mol. The van der Waals surface area contributed by atoms with Crippen LogP contribution < -0.4 is 0 Å². The number of rotatable bonds is 4. The van der Waals surface area contributed by atoms with Gasteiger partial charge in [-0.15, -0.1) is 0 Å². The first kappa shape index (κ1) is 12.0. The van der Waals surface area contributed by atoms with E-state index < -0.39 is 6.16 Å². The molecule has 0 aromatic rings. The van der Waals surface area contributed by atoms with E-state index in [0.29, 0.717) is 6.61 Å². The molecule has 0 saturated heterocycles. The Morgan fingerprint density at radius 2 is 2.00 bits per heavy atom. The first-order chi connectivity index (χ1) is 5.99. The molecule has 0 rings (SSSR count). The van der Waals surface area contributed by atoms with Gasteiger partial charge in [0.05, 0.1) is 6.61 Å². The summed E-state index contributed by atoms with van der Waals surface area (Å²) in [5.74, 6) is 0.157. The highest BCUT2D eigenvalue weighted by Crippen LogP contribution is 2.15. The average Bonchev–Trinajstić information content (AvgIpc) is 2.03. The van der Waals surface area contributed by atoms with Crippen LogP contribution in [0.1, 0.15) is 27.7 Å². The third kappa shape index (κ3) is 4.55. The summed E-state index contributed by atoms with van der Waals surface area (Å²) < 4.78 is 9.64. The normalized spacial score (nSPS) is 14.5. The summed E-state index contributed by atoms with van der Waals surface area (Å²) in [4.78, 5) is 10.9. The minimum Gasteiger partial charge on any atom is -0.435 e. The first-order valence-electron chi connectivity index (χ1n) is 4.47. The molecule has 3 nitrogen and oxygen atoms in total. The summed E-state index contributed by atoms with van der Waals surface area (Å²) in [7, 11) is 0. The van der Waals surface area contributed by atoms with Gasteiger partial charge in [0.1, 0.15) is 6.10 Å². The van der Waals surface area contributed by atoms with Gasteiger partial charge in [-0.05, 0) is 20.8 Å². The van der Waals surface area contributed by atoms with E-state index in [9.17, 15) is 4.79 Å². The molecule has 0 amide bonds. The fourth-order valence-electron chi connectivity index (χ4n) is 0.806. The SMILES string of the molecule is C=C(C)[C@H](C)[C@@H](C)OC(=O)OCC. The number of ether oxygens (including phenoxy) is 2. The van der Waals surface area contributed by atoms with Gasteiger partial charge in [0.2, 0.25) is 0 Å². The number of hydrogen-bond donors (Lipinski definition) is 0. The Balaban J connectivity index is 3.92. The summed E-state index contributed by atoms with van der Waals surface area (Å²) in [5, 5.41) is 0. The Hall–Kier alpha value is -0.990. The molecule has 0 aliphatic carbocycles. The van der Waals surface area contributed by atoms with E-state index >= 15 is 0 Å². The summed E-state index contributed by atoms with van der Waals surface area (Å²) in [6.07, 6.45) is -0.792. The van der Waals surface area contributed by atoms with Crippen LogP contribution in [0.2, 0.25) is 0 Å². The second-order valence-corrected chi connectivity index (χ2v) is 3.14. The Morgan fingerprint density at radius 1 is 1.46 bits per heavy atom. The third-order valence-corrected chi connectivity index (χ3v) is 2.03. The van der Waals surface area contributed by atoms with Gasteiger partial charge >= 0.3 is 6.16 Å². The van der Waals surface area contributed by atoms with E-state index in [0.717, 1.165) is 5.57 Å². The molecule has 0 spiro atoms. The van der Waals surface area contributed by atoms with Gasteiger partial charge in [-0.25, -0.2) is 4.79 Å². The quantitative estimate of drug-likeness (QED) is 0.500. The predicted octanol–water partition coefficient (Wildman–Crippen LogP) is 2.76. The Kier molecular flexibility index (Phi) is 5.19. The Morgan fingerprint density at radius 3 is 2.38 bits per heavy atom. The molecule has 0 bridgehead atoms. The maximum absolute atomic E-state index is 10.9. The molecule has 0 N–H and O–H groups in total. The van der Waals surface area contributed by atoms with Crippen molar-refractivity contribution < 1.29 is 14.3 Å². The van der Waals surface area contributed by atoms with Gasteiger partial charge in [-0.1, -0.05) is 19.1 Å². The number of carbonyl (C=O) groups excluding carboxylic acids is 1. The minimum atomic E-state index is -0.608. The van der Waals surface area contributed by atoms with Gasteiger partial charge < -0.3 is 9.47 Å². The van der Waals surface area contributed by atoms with Crippen molar-refractivity contribution >= 4 is 6.16 Å². The molecular weight excluding hydrogens is 168 g/mol. The molecule has 0 aliphatic heterocycles. The molecule has 2 atom stereocenters. The van der Waals surface area contributed by atoms with Crippen LogP contribution in [0, 0.1) is 5.92 Å². The lowest BCUT2D eigenvalue weighted by Crippen LogP contribution is -2.23. The molecular formula is C10H18O3. The van der Waals surface area contributed by atoms with Crippen LogP contribution in [0.5, 0.6) is 0 Å². The molecule has 76 valence electrons. The van der Waals surface area contributed by atoms with E-state index in [1.807, 2.05) is 20.8 Å². The molecule has 0 fully saturated rings. The van der Waals surface area contributed by atoms with E-state index in [-0.39, 0.29) is 12.0 Å². The zero-order valence-electron chi connectivity index (χ0n) is 8.79. The van der Waals surface area contributed by atoms with Crippen LogP contribution in [0.15, 0.2) is 12.2 Å². The van der Waals surface area contributed by atoms with Crippen molar-refractivity contribution in [1.29, 1.82) is 0 Å². The third-order valence-electron chi connectivity index (χ3n) is 2.03. The van der Waals surface area contributed by atoms with Crippen LogP contribution >= 0.6 is 0 Å². The van der Waals surface area contributed by atoms with Crippen LogP contribution in [0.25, 0.3) is 0 Å². The molecule has 3 heteroatoms. The summed E-state index contributed by atoms with van der Waals surface area (Å²) >= 11 is 0. The first-order valence-corrected chi connectivity index (χ1v) is 4.47. The highest BCUT2D eigenvalue weighted by molar-refractivity contribution is 5.60. The maximum Gasteiger partial charge on any atom is 0.508 e. The largest absolute Gasteiger partial charge is 0.508 e. The Bertz CT molecular complexity index is 187. The van der Waals surface area contributed by atoms with Gasteiger partial charge in [0, 0.05) is 5.92 Å². The zero-order chi connectivity index (χ0) is 10.4. The molecule has 0 aliphatic rings. The highest BCUT2D eigenvalue weighted by Gasteiger charge is 2.17. The molecule has 0 saturated carbocycles. The summed E-state index contributed by atoms with van der Waals surface area (Å²) in [6.45, 7) is 11.6. The molecule has 0 heterocycles. The molecule has 0 unspecified atom stereocenters. The topological polar surface area (TPSA) is 35.5 Å². The van der Waals surface area contributed by atoms with Crippen molar-refractivity contribution in [2.45, 2.75) is 33.8 Å².